The fourth-order valence-corrected chi connectivity index (χ4v) is 7.53. The average molecular weight is 272 g/mol. The summed E-state index contributed by atoms with van der Waals surface area (Å²) in [6, 6.07) is 0. The molecule has 4 rings (SSSR count). The van der Waals surface area contributed by atoms with Crippen LogP contribution in [0.15, 0.2) is 11.6 Å². The molecule has 0 aromatic rings. The summed E-state index contributed by atoms with van der Waals surface area (Å²) in [4.78, 5) is 0. The fraction of sp³-hybridized carbons (Fsp3) is 0.900. The van der Waals surface area contributed by atoms with Crippen LogP contribution < -0.4 is 0 Å². The van der Waals surface area contributed by atoms with Crippen LogP contribution in [0.5, 0.6) is 0 Å². The Morgan fingerprint density at radius 1 is 0.950 bits per heavy atom. The summed E-state index contributed by atoms with van der Waals surface area (Å²) in [6.07, 6.45) is 14.7. The summed E-state index contributed by atoms with van der Waals surface area (Å²) in [5.41, 5.74) is 3.57. The highest BCUT2D eigenvalue weighted by molar-refractivity contribution is 5.26. The van der Waals surface area contributed by atoms with Crippen molar-refractivity contribution in [2.45, 2.75) is 79.1 Å². The van der Waals surface area contributed by atoms with Crippen LogP contribution in [0.4, 0.5) is 0 Å². The Morgan fingerprint density at radius 3 is 2.55 bits per heavy atom. The minimum atomic E-state index is 0.586. The minimum Gasteiger partial charge on any atom is -0.0788 e. The molecule has 3 fully saturated rings. The van der Waals surface area contributed by atoms with Crippen LogP contribution in [0.2, 0.25) is 0 Å². The molecule has 4 aliphatic carbocycles. The van der Waals surface area contributed by atoms with Gasteiger partial charge in [0, 0.05) is 0 Å². The van der Waals surface area contributed by atoms with Gasteiger partial charge in [-0.15, -0.1) is 0 Å². The van der Waals surface area contributed by atoms with Gasteiger partial charge in [0.15, 0.2) is 0 Å². The summed E-state index contributed by atoms with van der Waals surface area (Å²) < 4.78 is 0. The van der Waals surface area contributed by atoms with E-state index in [9.17, 15) is 0 Å². The minimum absolute atomic E-state index is 0.586. The van der Waals surface area contributed by atoms with E-state index in [1.807, 2.05) is 0 Å². The van der Waals surface area contributed by atoms with Crippen molar-refractivity contribution in [2.75, 3.05) is 0 Å². The number of allylic oxidation sites excluding steroid dienone is 2. The van der Waals surface area contributed by atoms with Crippen LogP contribution in [0, 0.1) is 34.0 Å². The highest BCUT2D eigenvalue weighted by Crippen LogP contribution is 2.70. The number of hydrogen-bond donors (Lipinski definition) is 0. The lowest BCUT2D eigenvalue weighted by molar-refractivity contribution is -0.133. The van der Waals surface area contributed by atoms with Crippen molar-refractivity contribution in [3.05, 3.63) is 11.6 Å². The van der Waals surface area contributed by atoms with E-state index in [2.05, 4.69) is 33.8 Å². The van der Waals surface area contributed by atoms with Gasteiger partial charge in [0.25, 0.3) is 0 Å². The monoisotopic (exact) mass is 272 g/mol. The van der Waals surface area contributed by atoms with Crippen LogP contribution in [0.3, 0.4) is 0 Å². The predicted octanol–water partition coefficient (Wildman–Crippen LogP) is 5.98. The summed E-state index contributed by atoms with van der Waals surface area (Å²) >= 11 is 0. The maximum atomic E-state index is 2.76. The molecule has 20 heavy (non-hydrogen) atoms. The van der Waals surface area contributed by atoms with Gasteiger partial charge in [-0.25, -0.2) is 0 Å². The van der Waals surface area contributed by atoms with E-state index in [1.165, 1.54) is 51.4 Å². The zero-order valence-electron chi connectivity index (χ0n) is 14.0. The molecule has 0 aromatic carbocycles. The Hall–Kier alpha value is -0.260. The second-order valence-corrected chi connectivity index (χ2v) is 9.59. The molecule has 0 heteroatoms. The molecule has 5 atom stereocenters. The maximum absolute atomic E-state index is 2.76. The SMILES string of the molecule is CC1=CC23CC[C@H]4C(C)(C)CCC[C@]4(C)[C@H]2CC[C@@H]1C3. The first-order valence-electron chi connectivity index (χ1n) is 9.07. The third-order valence-corrected chi connectivity index (χ3v) is 8.25. The van der Waals surface area contributed by atoms with Gasteiger partial charge in [-0.05, 0) is 85.9 Å². The summed E-state index contributed by atoms with van der Waals surface area (Å²) in [5.74, 6) is 2.91. The molecular weight excluding hydrogens is 240 g/mol. The van der Waals surface area contributed by atoms with E-state index in [1.54, 1.807) is 5.57 Å². The predicted molar refractivity (Wildman–Crippen MR) is 85.5 cm³/mol. The van der Waals surface area contributed by atoms with Crippen LogP contribution in [0.1, 0.15) is 79.1 Å². The number of rotatable bonds is 0. The van der Waals surface area contributed by atoms with Gasteiger partial charge >= 0.3 is 0 Å². The lowest BCUT2D eigenvalue weighted by Crippen LogP contribution is -2.55. The van der Waals surface area contributed by atoms with E-state index < -0.39 is 0 Å². The lowest BCUT2D eigenvalue weighted by Gasteiger charge is -2.63. The number of hydrogen-bond acceptors (Lipinski definition) is 0. The van der Waals surface area contributed by atoms with Crippen molar-refractivity contribution in [3.8, 4) is 0 Å². The molecule has 0 radical (unpaired) electrons. The molecule has 2 bridgehead atoms. The highest BCUT2D eigenvalue weighted by atomic mass is 14.7. The van der Waals surface area contributed by atoms with E-state index >= 15 is 0 Å². The van der Waals surface area contributed by atoms with Crippen molar-refractivity contribution in [1.29, 1.82) is 0 Å². The Kier molecular flexibility index (Phi) is 2.63. The molecule has 4 aliphatic rings. The molecule has 0 heterocycles. The summed E-state index contributed by atoms with van der Waals surface area (Å²) in [6.45, 7) is 10.2. The first-order chi connectivity index (χ1) is 9.37. The van der Waals surface area contributed by atoms with Gasteiger partial charge < -0.3 is 0 Å². The van der Waals surface area contributed by atoms with Gasteiger partial charge in [-0.1, -0.05) is 38.8 Å². The van der Waals surface area contributed by atoms with E-state index in [-0.39, 0.29) is 0 Å². The van der Waals surface area contributed by atoms with Crippen molar-refractivity contribution in [3.63, 3.8) is 0 Å². The first-order valence-corrected chi connectivity index (χ1v) is 9.07. The maximum Gasteiger partial charge on any atom is -0.00762 e. The van der Waals surface area contributed by atoms with Crippen LogP contribution in [-0.2, 0) is 0 Å². The zero-order valence-corrected chi connectivity index (χ0v) is 14.0. The lowest BCUT2D eigenvalue weighted by atomic mass is 9.41. The van der Waals surface area contributed by atoms with E-state index in [0.29, 0.717) is 16.2 Å². The molecule has 0 saturated heterocycles. The summed E-state index contributed by atoms with van der Waals surface area (Å²) in [7, 11) is 0. The van der Waals surface area contributed by atoms with E-state index in [4.69, 9.17) is 0 Å². The topological polar surface area (TPSA) is 0 Å². The molecule has 0 nitrogen and oxygen atoms in total. The van der Waals surface area contributed by atoms with Crippen LogP contribution in [-0.4, -0.2) is 0 Å². The Labute approximate surface area is 125 Å². The van der Waals surface area contributed by atoms with Gasteiger partial charge in [0.1, 0.15) is 0 Å². The first kappa shape index (κ1) is 13.4. The molecule has 0 amide bonds. The molecule has 112 valence electrons. The third-order valence-electron chi connectivity index (χ3n) is 8.25. The van der Waals surface area contributed by atoms with Crippen LogP contribution >= 0.6 is 0 Å². The van der Waals surface area contributed by atoms with Crippen molar-refractivity contribution in [1.82, 2.24) is 0 Å². The normalized spacial score (nSPS) is 53.0. The molecule has 0 aliphatic heterocycles. The van der Waals surface area contributed by atoms with E-state index in [0.717, 1.165) is 17.8 Å². The Morgan fingerprint density at radius 2 is 1.75 bits per heavy atom. The molecule has 0 aromatic heterocycles. The van der Waals surface area contributed by atoms with Gasteiger partial charge in [-0.2, -0.15) is 0 Å². The molecule has 1 spiro atoms. The second-order valence-electron chi connectivity index (χ2n) is 9.59. The second kappa shape index (κ2) is 3.93. The van der Waals surface area contributed by atoms with Gasteiger partial charge in [0.05, 0.1) is 0 Å². The smallest absolute Gasteiger partial charge is 0.00762 e. The third kappa shape index (κ3) is 1.54. The number of fused-ring (bicyclic) bond motifs is 3. The largest absolute Gasteiger partial charge is 0.0788 e. The summed E-state index contributed by atoms with van der Waals surface area (Å²) in [5, 5.41) is 0. The quantitative estimate of drug-likeness (QED) is 0.476. The highest BCUT2D eigenvalue weighted by Gasteiger charge is 2.61. The van der Waals surface area contributed by atoms with Gasteiger partial charge in [-0.3, -0.25) is 0 Å². The fourth-order valence-electron chi connectivity index (χ4n) is 7.53. The van der Waals surface area contributed by atoms with Crippen molar-refractivity contribution >= 4 is 0 Å². The van der Waals surface area contributed by atoms with Crippen molar-refractivity contribution < 1.29 is 0 Å². The molecular formula is C20H32. The standard InChI is InChI=1S/C20H32/c1-14-12-20-11-8-16-18(2,3)9-5-10-19(16,4)17(20)7-6-15(14)13-20/h12,15-17H,5-11,13H2,1-4H3/t15-,16+,17-,19+,20?/m1/s1. The molecule has 0 N–H and O–H groups in total. The van der Waals surface area contributed by atoms with Gasteiger partial charge in [0.2, 0.25) is 0 Å². The zero-order chi connectivity index (χ0) is 14.2. The van der Waals surface area contributed by atoms with Crippen molar-refractivity contribution in [2.24, 2.45) is 34.0 Å². The average Bonchev–Trinajstić information content (AvgIpc) is 2.58. The molecule has 1 unspecified atom stereocenters. The Bertz CT molecular complexity index is 457. The molecule has 3 saturated carbocycles. The Balaban J connectivity index is 1.76. The van der Waals surface area contributed by atoms with Crippen LogP contribution in [0.25, 0.3) is 0 Å².